The molecule has 2 rings (SSSR count). The van der Waals surface area contributed by atoms with E-state index in [0.29, 0.717) is 13.0 Å². The smallest absolute Gasteiger partial charge is 0.165 e. The Hall–Kier alpha value is -1.84. The van der Waals surface area contributed by atoms with Crippen LogP contribution in [0.3, 0.4) is 0 Å². The normalized spacial score (nSPS) is 10.2. The van der Waals surface area contributed by atoms with Crippen LogP contribution in [0.4, 0.5) is 10.2 Å². The molecule has 0 aliphatic heterocycles. The molecule has 0 saturated heterocycles. The summed E-state index contributed by atoms with van der Waals surface area (Å²) < 4.78 is 18.3. The fraction of sp³-hybridized carbons (Fsp3) is 0.182. The average molecular weight is 206 g/mol. The summed E-state index contributed by atoms with van der Waals surface area (Å²) in [6, 6.07) is 6.66. The Bertz CT molecular complexity index is 414. The summed E-state index contributed by atoms with van der Waals surface area (Å²) in [6.45, 7) is 0.599. The number of halogens is 1. The van der Waals surface area contributed by atoms with Crippen LogP contribution >= 0.6 is 0 Å². The van der Waals surface area contributed by atoms with E-state index in [1.807, 2.05) is 12.1 Å². The Morgan fingerprint density at radius 1 is 1.33 bits per heavy atom. The quantitative estimate of drug-likeness (QED) is 0.835. The first kappa shape index (κ1) is 9.71. The number of hydrogen-bond acceptors (Lipinski definition) is 3. The number of pyridine rings is 1. The molecule has 0 fully saturated rings. The maximum absolute atomic E-state index is 13.1. The molecule has 3 nitrogen and oxygen atoms in total. The summed E-state index contributed by atoms with van der Waals surface area (Å²) in [4.78, 5) is 3.88. The number of aromatic nitrogens is 1. The SMILES string of the molecule is Fc1cccnc1NCCc1ccco1. The van der Waals surface area contributed by atoms with Crippen molar-refractivity contribution >= 4 is 5.82 Å². The third-order valence-corrected chi connectivity index (χ3v) is 2.00. The van der Waals surface area contributed by atoms with Gasteiger partial charge in [0.15, 0.2) is 11.6 Å². The van der Waals surface area contributed by atoms with Gasteiger partial charge in [-0.25, -0.2) is 9.37 Å². The molecule has 0 aliphatic carbocycles. The second-order valence-electron chi connectivity index (χ2n) is 3.09. The minimum Gasteiger partial charge on any atom is -0.469 e. The average Bonchev–Trinajstić information content (AvgIpc) is 2.74. The highest BCUT2D eigenvalue weighted by Crippen LogP contribution is 2.08. The summed E-state index contributed by atoms with van der Waals surface area (Å²) in [5.41, 5.74) is 0. The molecule has 4 heteroatoms. The van der Waals surface area contributed by atoms with E-state index in [0.717, 1.165) is 5.76 Å². The lowest BCUT2D eigenvalue weighted by Gasteiger charge is -2.04. The number of nitrogens with one attached hydrogen (secondary N) is 1. The third-order valence-electron chi connectivity index (χ3n) is 2.00. The molecule has 1 N–H and O–H groups in total. The van der Waals surface area contributed by atoms with Crippen molar-refractivity contribution in [2.75, 3.05) is 11.9 Å². The van der Waals surface area contributed by atoms with Gasteiger partial charge < -0.3 is 9.73 Å². The predicted molar refractivity (Wildman–Crippen MR) is 55.1 cm³/mol. The zero-order chi connectivity index (χ0) is 10.5. The van der Waals surface area contributed by atoms with Crippen molar-refractivity contribution in [3.8, 4) is 0 Å². The van der Waals surface area contributed by atoms with Crippen LogP contribution < -0.4 is 5.32 Å². The predicted octanol–water partition coefficient (Wildman–Crippen LogP) is 2.47. The van der Waals surface area contributed by atoms with E-state index in [1.54, 1.807) is 18.5 Å². The van der Waals surface area contributed by atoms with Crippen LogP contribution in [0, 0.1) is 5.82 Å². The fourth-order valence-corrected chi connectivity index (χ4v) is 1.27. The van der Waals surface area contributed by atoms with Crippen LogP contribution in [0.1, 0.15) is 5.76 Å². The lowest BCUT2D eigenvalue weighted by Crippen LogP contribution is -2.07. The van der Waals surface area contributed by atoms with Crippen LogP contribution in [0.2, 0.25) is 0 Å². The molecule has 0 unspecified atom stereocenters. The van der Waals surface area contributed by atoms with Crippen LogP contribution in [0.25, 0.3) is 0 Å². The monoisotopic (exact) mass is 206 g/mol. The van der Waals surface area contributed by atoms with Crippen molar-refractivity contribution < 1.29 is 8.81 Å². The van der Waals surface area contributed by atoms with Gasteiger partial charge in [0.25, 0.3) is 0 Å². The Morgan fingerprint density at radius 2 is 2.27 bits per heavy atom. The molecule has 2 aromatic heterocycles. The molecule has 2 heterocycles. The lowest BCUT2D eigenvalue weighted by atomic mass is 10.3. The van der Waals surface area contributed by atoms with Gasteiger partial charge in [0, 0.05) is 19.2 Å². The summed E-state index contributed by atoms with van der Waals surface area (Å²) in [5, 5.41) is 2.91. The van der Waals surface area contributed by atoms with Crippen molar-refractivity contribution in [2.45, 2.75) is 6.42 Å². The Balaban J connectivity index is 1.86. The fourth-order valence-electron chi connectivity index (χ4n) is 1.27. The van der Waals surface area contributed by atoms with Gasteiger partial charge in [-0.1, -0.05) is 0 Å². The first-order chi connectivity index (χ1) is 7.36. The molecule has 0 bridgehead atoms. The first-order valence-corrected chi connectivity index (χ1v) is 4.73. The zero-order valence-electron chi connectivity index (χ0n) is 8.11. The van der Waals surface area contributed by atoms with Crippen molar-refractivity contribution in [3.63, 3.8) is 0 Å². The Morgan fingerprint density at radius 3 is 3.00 bits per heavy atom. The lowest BCUT2D eigenvalue weighted by molar-refractivity contribution is 0.512. The molecule has 0 spiro atoms. The Labute approximate surface area is 86.9 Å². The van der Waals surface area contributed by atoms with Crippen molar-refractivity contribution in [1.82, 2.24) is 4.98 Å². The highest BCUT2D eigenvalue weighted by Gasteiger charge is 2.01. The van der Waals surface area contributed by atoms with E-state index in [2.05, 4.69) is 10.3 Å². The van der Waals surface area contributed by atoms with Gasteiger partial charge in [0.05, 0.1) is 6.26 Å². The largest absolute Gasteiger partial charge is 0.469 e. The van der Waals surface area contributed by atoms with Gasteiger partial charge >= 0.3 is 0 Å². The number of nitrogens with zero attached hydrogens (tertiary/aromatic N) is 1. The van der Waals surface area contributed by atoms with Gasteiger partial charge in [-0.05, 0) is 24.3 Å². The van der Waals surface area contributed by atoms with E-state index in [4.69, 9.17) is 4.42 Å². The summed E-state index contributed by atoms with van der Waals surface area (Å²) in [7, 11) is 0. The van der Waals surface area contributed by atoms with Crippen molar-refractivity contribution in [3.05, 3.63) is 48.3 Å². The van der Waals surface area contributed by atoms with Crippen molar-refractivity contribution in [1.29, 1.82) is 0 Å². The summed E-state index contributed by atoms with van der Waals surface area (Å²) >= 11 is 0. The topological polar surface area (TPSA) is 38.1 Å². The molecular formula is C11H11FN2O. The van der Waals surface area contributed by atoms with Crippen LogP contribution in [0.15, 0.2) is 41.1 Å². The second-order valence-corrected chi connectivity index (χ2v) is 3.09. The molecule has 15 heavy (non-hydrogen) atoms. The number of hydrogen-bond donors (Lipinski definition) is 1. The zero-order valence-corrected chi connectivity index (χ0v) is 8.11. The molecule has 2 aromatic rings. The molecule has 0 saturated carbocycles. The maximum Gasteiger partial charge on any atom is 0.165 e. The molecule has 0 aromatic carbocycles. The molecule has 0 atom stereocenters. The van der Waals surface area contributed by atoms with Crippen molar-refractivity contribution in [2.24, 2.45) is 0 Å². The summed E-state index contributed by atoms with van der Waals surface area (Å²) in [5.74, 6) is 0.819. The minimum atomic E-state index is -0.336. The minimum absolute atomic E-state index is 0.282. The van der Waals surface area contributed by atoms with E-state index in [9.17, 15) is 4.39 Å². The second kappa shape index (κ2) is 4.59. The standard InChI is InChI=1S/C11H11FN2O/c12-10-4-1-6-13-11(10)14-7-5-9-3-2-8-15-9/h1-4,6,8H,5,7H2,(H,13,14). The number of anilines is 1. The molecule has 0 aliphatic rings. The van der Waals surface area contributed by atoms with Gasteiger partial charge in [-0.15, -0.1) is 0 Å². The van der Waals surface area contributed by atoms with E-state index in [1.165, 1.54) is 6.07 Å². The van der Waals surface area contributed by atoms with Crippen LogP contribution in [-0.4, -0.2) is 11.5 Å². The highest BCUT2D eigenvalue weighted by molar-refractivity contribution is 5.35. The third kappa shape index (κ3) is 2.56. The van der Waals surface area contributed by atoms with E-state index >= 15 is 0 Å². The van der Waals surface area contributed by atoms with E-state index < -0.39 is 0 Å². The van der Waals surface area contributed by atoms with Crippen LogP contribution in [0.5, 0.6) is 0 Å². The van der Waals surface area contributed by atoms with Gasteiger partial charge in [0.1, 0.15) is 5.76 Å². The number of rotatable bonds is 4. The highest BCUT2D eigenvalue weighted by atomic mass is 19.1. The van der Waals surface area contributed by atoms with Gasteiger partial charge in [-0.2, -0.15) is 0 Å². The molecule has 0 radical (unpaired) electrons. The summed E-state index contributed by atoms with van der Waals surface area (Å²) in [6.07, 6.45) is 3.89. The number of furan rings is 1. The van der Waals surface area contributed by atoms with E-state index in [-0.39, 0.29) is 11.6 Å². The molecular weight excluding hydrogens is 195 g/mol. The molecule has 0 amide bonds. The Kier molecular flexibility index (Phi) is 2.97. The van der Waals surface area contributed by atoms with Gasteiger partial charge in [0.2, 0.25) is 0 Å². The maximum atomic E-state index is 13.1. The van der Waals surface area contributed by atoms with Crippen LogP contribution in [-0.2, 0) is 6.42 Å². The molecule has 78 valence electrons. The first-order valence-electron chi connectivity index (χ1n) is 4.73. The van der Waals surface area contributed by atoms with Gasteiger partial charge in [-0.3, -0.25) is 0 Å².